The Hall–Kier alpha value is -4.13. The van der Waals surface area contributed by atoms with E-state index in [9.17, 15) is 19.8 Å². The molecule has 1 saturated heterocycles. The highest BCUT2D eigenvalue weighted by Gasteiger charge is 2.47. The molecule has 1 atom stereocenters. The van der Waals surface area contributed by atoms with Crippen LogP contribution in [0.2, 0.25) is 0 Å². The number of phenolic OH excluding ortho intramolecular Hbond substituents is 1. The number of rotatable bonds is 5. The van der Waals surface area contributed by atoms with Crippen LogP contribution < -0.4 is 9.64 Å². The number of hydrogen-bond donors (Lipinski definition) is 2. The zero-order valence-electron chi connectivity index (χ0n) is 17.6. The molecule has 1 amide bonds. The third kappa shape index (κ3) is 3.69. The van der Waals surface area contributed by atoms with E-state index in [4.69, 9.17) is 4.74 Å². The Morgan fingerprint density at radius 2 is 1.84 bits per heavy atom. The molecule has 4 rings (SSSR count). The number of aliphatic hydroxyl groups is 1. The molecule has 162 valence electrons. The molecule has 0 bridgehead atoms. The van der Waals surface area contributed by atoms with Crippen LogP contribution in [-0.2, 0) is 9.59 Å². The first-order valence-electron chi connectivity index (χ1n) is 10.2. The van der Waals surface area contributed by atoms with Gasteiger partial charge in [-0.25, -0.2) is 0 Å². The van der Waals surface area contributed by atoms with Gasteiger partial charge in [-0.05, 0) is 61.4 Å². The second-order valence-electron chi connectivity index (χ2n) is 7.40. The highest BCUT2D eigenvalue weighted by Crippen LogP contribution is 2.44. The summed E-state index contributed by atoms with van der Waals surface area (Å²) in [5.41, 5.74) is 1.84. The summed E-state index contributed by atoms with van der Waals surface area (Å²) in [6.07, 6.45) is 3.09. The number of phenols is 1. The second-order valence-corrected chi connectivity index (χ2v) is 7.40. The maximum absolute atomic E-state index is 13.2. The van der Waals surface area contributed by atoms with E-state index in [0.29, 0.717) is 23.5 Å². The molecule has 2 heterocycles. The van der Waals surface area contributed by atoms with Gasteiger partial charge in [-0.15, -0.1) is 0 Å². The summed E-state index contributed by atoms with van der Waals surface area (Å²) in [5, 5.41) is 21.7. The van der Waals surface area contributed by atoms with Gasteiger partial charge >= 0.3 is 0 Å². The topological polar surface area (TPSA) is 100.0 Å². The van der Waals surface area contributed by atoms with Gasteiger partial charge in [0.1, 0.15) is 17.3 Å². The standard InChI is InChI=1S/C25H22N2O5/c1-3-32-18-6-4-5-17(14-18)23(29)21-22(16-9-11-26-12-10-16)27(25(31)24(21)30)19-13-15(2)7-8-20(19)28/h4-14,22,28-29H,3H2,1-2H3/b23-21+. The smallest absolute Gasteiger partial charge is 0.300 e. The van der Waals surface area contributed by atoms with Crippen molar-refractivity contribution >= 4 is 23.1 Å². The highest BCUT2D eigenvalue weighted by molar-refractivity contribution is 6.51. The van der Waals surface area contributed by atoms with Gasteiger partial charge in [0.15, 0.2) is 0 Å². The number of Topliss-reactive ketones (excluding diaryl/α,β-unsaturated/α-hetero) is 1. The summed E-state index contributed by atoms with van der Waals surface area (Å²) in [6, 6.07) is 13.9. The van der Waals surface area contributed by atoms with Crippen molar-refractivity contribution in [3.63, 3.8) is 0 Å². The van der Waals surface area contributed by atoms with Gasteiger partial charge < -0.3 is 14.9 Å². The third-order valence-electron chi connectivity index (χ3n) is 5.28. The van der Waals surface area contributed by atoms with Crippen molar-refractivity contribution in [1.82, 2.24) is 4.98 Å². The molecule has 1 aliphatic heterocycles. The normalized spacial score (nSPS) is 17.6. The van der Waals surface area contributed by atoms with Crippen LogP contribution in [0.3, 0.4) is 0 Å². The lowest BCUT2D eigenvalue weighted by atomic mass is 9.95. The van der Waals surface area contributed by atoms with Crippen molar-refractivity contribution in [3.8, 4) is 11.5 Å². The average Bonchev–Trinajstić information content (AvgIpc) is 3.06. The molecular formula is C25H22N2O5. The lowest BCUT2D eigenvalue weighted by molar-refractivity contribution is -0.132. The summed E-state index contributed by atoms with van der Waals surface area (Å²) in [6.45, 7) is 4.11. The van der Waals surface area contributed by atoms with Gasteiger partial charge in [0.25, 0.3) is 11.7 Å². The van der Waals surface area contributed by atoms with Crippen molar-refractivity contribution in [1.29, 1.82) is 0 Å². The zero-order chi connectivity index (χ0) is 22.8. The quantitative estimate of drug-likeness (QED) is 0.359. The molecule has 0 spiro atoms. The van der Waals surface area contributed by atoms with Crippen LogP contribution in [0.25, 0.3) is 5.76 Å². The van der Waals surface area contributed by atoms with E-state index in [0.717, 1.165) is 5.56 Å². The summed E-state index contributed by atoms with van der Waals surface area (Å²) in [5.74, 6) is -1.61. The molecular weight excluding hydrogens is 408 g/mol. The number of pyridine rings is 1. The van der Waals surface area contributed by atoms with Crippen molar-refractivity contribution in [2.45, 2.75) is 19.9 Å². The molecule has 0 aliphatic carbocycles. The van der Waals surface area contributed by atoms with Crippen LogP contribution in [-0.4, -0.2) is 33.5 Å². The first-order valence-corrected chi connectivity index (χ1v) is 10.2. The molecule has 0 saturated carbocycles. The molecule has 1 aromatic heterocycles. The maximum atomic E-state index is 13.2. The van der Waals surface area contributed by atoms with Gasteiger partial charge in [0, 0.05) is 18.0 Å². The molecule has 32 heavy (non-hydrogen) atoms. The maximum Gasteiger partial charge on any atom is 0.300 e. The van der Waals surface area contributed by atoms with Gasteiger partial charge in [0.2, 0.25) is 0 Å². The molecule has 0 radical (unpaired) electrons. The highest BCUT2D eigenvalue weighted by atomic mass is 16.5. The monoisotopic (exact) mass is 430 g/mol. The third-order valence-corrected chi connectivity index (χ3v) is 5.28. The van der Waals surface area contributed by atoms with Gasteiger partial charge in [-0.1, -0.05) is 18.2 Å². The number of nitrogens with zero attached hydrogens (tertiary/aromatic N) is 2. The minimum Gasteiger partial charge on any atom is -0.507 e. The van der Waals surface area contributed by atoms with Gasteiger partial charge in [-0.3, -0.25) is 19.5 Å². The summed E-state index contributed by atoms with van der Waals surface area (Å²) in [4.78, 5) is 31.5. The number of carbonyl (C=O) groups is 2. The first-order chi connectivity index (χ1) is 15.4. The molecule has 3 aromatic rings. The lowest BCUT2D eigenvalue weighted by Crippen LogP contribution is -2.29. The number of amides is 1. The van der Waals surface area contributed by atoms with Crippen molar-refractivity contribution < 1.29 is 24.5 Å². The Bertz CT molecular complexity index is 1220. The van der Waals surface area contributed by atoms with Crippen molar-refractivity contribution in [2.24, 2.45) is 0 Å². The number of benzene rings is 2. The number of carbonyl (C=O) groups excluding carboxylic acids is 2. The van der Waals surface area contributed by atoms with Crippen LogP contribution in [0, 0.1) is 6.92 Å². The van der Waals surface area contributed by atoms with E-state index in [1.807, 2.05) is 13.8 Å². The van der Waals surface area contributed by atoms with Gasteiger partial charge in [-0.2, -0.15) is 0 Å². The van der Waals surface area contributed by atoms with Crippen LogP contribution in [0.4, 0.5) is 5.69 Å². The van der Waals surface area contributed by atoms with E-state index >= 15 is 0 Å². The van der Waals surface area contributed by atoms with Crippen molar-refractivity contribution in [2.75, 3.05) is 11.5 Å². The number of aliphatic hydroxyl groups excluding tert-OH is 1. The van der Waals surface area contributed by atoms with Crippen LogP contribution in [0.5, 0.6) is 11.5 Å². The Labute approximate surface area is 185 Å². The number of aromatic nitrogens is 1. The van der Waals surface area contributed by atoms with Crippen LogP contribution in [0.1, 0.15) is 29.7 Å². The Kier molecular flexibility index (Phi) is 5.64. The number of ketones is 1. The fourth-order valence-corrected chi connectivity index (χ4v) is 3.82. The number of anilines is 1. The number of aryl methyl sites for hydroxylation is 1. The molecule has 1 fully saturated rings. The SMILES string of the molecule is CCOc1cccc(/C(O)=C2\C(=O)C(=O)N(c3cc(C)ccc3O)C2c2ccncc2)c1. The van der Waals surface area contributed by atoms with E-state index < -0.39 is 17.7 Å². The molecule has 1 aliphatic rings. The second kappa shape index (κ2) is 8.55. The Morgan fingerprint density at radius 3 is 2.56 bits per heavy atom. The molecule has 2 N–H and O–H groups in total. The predicted octanol–water partition coefficient (Wildman–Crippen LogP) is 4.12. The fourth-order valence-electron chi connectivity index (χ4n) is 3.82. The van der Waals surface area contributed by atoms with Gasteiger partial charge in [0.05, 0.1) is 23.9 Å². The Balaban J connectivity index is 1.94. The zero-order valence-corrected chi connectivity index (χ0v) is 17.6. The summed E-state index contributed by atoms with van der Waals surface area (Å²) >= 11 is 0. The molecule has 7 heteroatoms. The average molecular weight is 430 g/mol. The molecule has 2 aromatic carbocycles. The molecule has 1 unspecified atom stereocenters. The van der Waals surface area contributed by atoms with E-state index in [2.05, 4.69) is 4.98 Å². The number of aromatic hydroxyl groups is 1. The van der Waals surface area contributed by atoms with Crippen LogP contribution >= 0.6 is 0 Å². The minimum absolute atomic E-state index is 0.0734. The molecule has 7 nitrogen and oxygen atoms in total. The predicted molar refractivity (Wildman–Crippen MR) is 119 cm³/mol. The summed E-state index contributed by atoms with van der Waals surface area (Å²) < 4.78 is 5.50. The summed E-state index contributed by atoms with van der Waals surface area (Å²) in [7, 11) is 0. The first kappa shape index (κ1) is 21.1. The van der Waals surface area contributed by atoms with Crippen LogP contribution in [0.15, 0.2) is 72.6 Å². The van der Waals surface area contributed by atoms with E-state index in [1.54, 1.807) is 60.9 Å². The Morgan fingerprint density at radius 1 is 1.09 bits per heavy atom. The van der Waals surface area contributed by atoms with E-state index in [1.165, 1.54) is 11.0 Å². The largest absolute Gasteiger partial charge is 0.507 e. The number of hydrogen-bond acceptors (Lipinski definition) is 6. The minimum atomic E-state index is -0.943. The lowest BCUT2D eigenvalue weighted by Gasteiger charge is -2.26. The van der Waals surface area contributed by atoms with Crippen molar-refractivity contribution in [3.05, 3.63) is 89.3 Å². The number of ether oxygens (including phenoxy) is 1. The van der Waals surface area contributed by atoms with E-state index in [-0.39, 0.29) is 22.8 Å². The fraction of sp³-hybridized carbons (Fsp3) is 0.160.